The topological polar surface area (TPSA) is 0 Å². The predicted octanol–water partition coefficient (Wildman–Crippen LogP) is 2.88. The highest BCUT2D eigenvalue weighted by Gasteiger charge is 2.03. The average molecular weight is 162 g/mol. The molecule has 0 spiro atoms. The van der Waals surface area contributed by atoms with Crippen LogP contribution in [-0.2, 0) is 0 Å². The Labute approximate surface area is 65.2 Å². The zero-order chi connectivity index (χ0) is 6.69. The molecule has 0 unspecified atom stereocenters. The molecular formula is C7H7Cl2. The van der Waals surface area contributed by atoms with E-state index in [2.05, 4.69) is 0 Å². The van der Waals surface area contributed by atoms with Gasteiger partial charge in [-0.25, -0.2) is 0 Å². The average Bonchev–Trinajstić information content (AvgIpc) is 1.90. The van der Waals surface area contributed by atoms with Crippen LogP contribution >= 0.6 is 23.2 Å². The minimum absolute atomic E-state index is 0.584. The van der Waals surface area contributed by atoms with Crippen molar-refractivity contribution in [3.05, 3.63) is 29.2 Å². The van der Waals surface area contributed by atoms with E-state index in [9.17, 15) is 0 Å². The van der Waals surface area contributed by atoms with Gasteiger partial charge in [-0.2, -0.15) is 0 Å². The second-order valence-electron chi connectivity index (χ2n) is 1.90. The van der Waals surface area contributed by atoms with Gasteiger partial charge in [0.1, 0.15) is 0 Å². The fourth-order valence-electron chi connectivity index (χ4n) is 0.661. The van der Waals surface area contributed by atoms with Crippen molar-refractivity contribution in [1.29, 1.82) is 0 Å². The zero-order valence-electron chi connectivity index (χ0n) is 4.90. The maximum absolute atomic E-state index is 5.68. The lowest BCUT2D eigenvalue weighted by Crippen LogP contribution is -1.90. The second kappa shape index (κ2) is 3.28. The first-order valence-electron chi connectivity index (χ1n) is 2.77. The Hall–Kier alpha value is 0.0600. The molecule has 1 rings (SSSR count). The highest BCUT2D eigenvalue weighted by atomic mass is 35.5. The molecule has 0 aromatic heterocycles. The quantitative estimate of drug-likeness (QED) is 0.520. The molecule has 0 amide bonds. The van der Waals surface area contributed by atoms with Gasteiger partial charge in [-0.15, -0.1) is 23.2 Å². The lowest BCUT2D eigenvalue weighted by Gasteiger charge is -2.05. The molecule has 1 aliphatic carbocycles. The van der Waals surface area contributed by atoms with E-state index in [0.717, 1.165) is 17.4 Å². The van der Waals surface area contributed by atoms with Crippen LogP contribution in [0.25, 0.3) is 0 Å². The molecule has 0 nitrogen and oxygen atoms in total. The van der Waals surface area contributed by atoms with E-state index in [-0.39, 0.29) is 0 Å². The minimum Gasteiger partial charge on any atom is -0.122 e. The smallest absolute Gasteiger partial charge is 0.0893 e. The minimum atomic E-state index is 0.584. The lowest BCUT2D eigenvalue weighted by molar-refractivity contribution is 1.17. The molecule has 1 aliphatic rings. The van der Waals surface area contributed by atoms with Crippen molar-refractivity contribution < 1.29 is 0 Å². The Morgan fingerprint density at radius 2 is 2.22 bits per heavy atom. The van der Waals surface area contributed by atoms with Crippen molar-refractivity contribution in [3.63, 3.8) is 0 Å². The van der Waals surface area contributed by atoms with Gasteiger partial charge < -0.3 is 0 Å². The number of halogens is 2. The van der Waals surface area contributed by atoms with Gasteiger partial charge in [-0.3, -0.25) is 0 Å². The molecule has 0 heterocycles. The number of alkyl halides is 1. The maximum Gasteiger partial charge on any atom is 0.0893 e. The largest absolute Gasteiger partial charge is 0.122 e. The summed E-state index contributed by atoms with van der Waals surface area (Å²) in [5.41, 5.74) is 1.15. The van der Waals surface area contributed by atoms with Crippen molar-refractivity contribution in [3.8, 4) is 0 Å². The van der Waals surface area contributed by atoms with E-state index in [1.807, 2.05) is 18.2 Å². The Balaban J connectivity index is 2.52. The Bertz CT molecular complexity index is 147. The summed E-state index contributed by atoms with van der Waals surface area (Å²) in [7, 11) is 0. The van der Waals surface area contributed by atoms with Crippen LogP contribution < -0.4 is 0 Å². The molecule has 0 bridgehead atoms. The third-order valence-corrected chi connectivity index (χ3v) is 1.78. The van der Waals surface area contributed by atoms with Crippen molar-refractivity contribution in [2.75, 3.05) is 5.88 Å². The summed E-state index contributed by atoms with van der Waals surface area (Å²) in [6, 6.07) is 0. The molecule has 0 N–H and O–H groups in total. The Morgan fingerprint density at radius 1 is 1.44 bits per heavy atom. The molecule has 1 radical (unpaired) electrons. The molecule has 0 aliphatic heterocycles. The van der Waals surface area contributed by atoms with Crippen molar-refractivity contribution in [1.82, 2.24) is 0 Å². The van der Waals surface area contributed by atoms with Gasteiger partial charge in [0.2, 0.25) is 0 Å². The van der Waals surface area contributed by atoms with Crippen LogP contribution in [0.5, 0.6) is 0 Å². The first-order valence-corrected chi connectivity index (χ1v) is 3.68. The van der Waals surface area contributed by atoms with E-state index in [1.165, 1.54) is 0 Å². The van der Waals surface area contributed by atoms with Crippen LogP contribution in [-0.4, -0.2) is 5.88 Å². The van der Waals surface area contributed by atoms with Crippen LogP contribution in [0.3, 0.4) is 0 Å². The van der Waals surface area contributed by atoms with Gasteiger partial charge in [0.25, 0.3) is 0 Å². The van der Waals surface area contributed by atoms with Crippen molar-refractivity contribution in [2.45, 2.75) is 6.42 Å². The predicted molar refractivity (Wildman–Crippen MR) is 41.7 cm³/mol. The summed E-state index contributed by atoms with van der Waals surface area (Å²) >= 11 is 11.2. The zero-order valence-corrected chi connectivity index (χ0v) is 6.41. The van der Waals surface area contributed by atoms with E-state index in [0.29, 0.717) is 5.88 Å². The first-order chi connectivity index (χ1) is 4.33. The Kier molecular flexibility index (Phi) is 2.62. The monoisotopic (exact) mass is 161 g/mol. The molecule has 0 aromatic carbocycles. The number of hydrogen-bond acceptors (Lipinski definition) is 0. The van der Waals surface area contributed by atoms with E-state index >= 15 is 0 Å². The summed E-state index contributed by atoms with van der Waals surface area (Å²) in [5, 5.41) is 0.879. The standard InChI is InChI=1S/C7H7Cl2/c8-5-6-1-3-7(9)4-2-6/h1-3H,4-5H2. The van der Waals surface area contributed by atoms with Gasteiger partial charge in [0.05, 0.1) is 5.38 Å². The van der Waals surface area contributed by atoms with Crippen molar-refractivity contribution >= 4 is 23.2 Å². The second-order valence-corrected chi connectivity index (χ2v) is 2.65. The maximum atomic E-state index is 5.68. The van der Waals surface area contributed by atoms with E-state index in [4.69, 9.17) is 23.2 Å². The summed E-state index contributed by atoms with van der Waals surface area (Å²) in [4.78, 5) is 0. The van der Waals surface area contributed by atoms with Gasteiger partial charge in [-0.05, 0) is 12.0 Å². The normalized spacial score (nSPS) is 20.0. The molecule has 0 saturated heterocycles. The highest BCUT2D eigenvalue weighted by molar-refractivity contribution is 6.28. The highest BCUT2D eigenvalue weighted by Crippen LogP contribution is 2.21. The molecule has 9 heavy (non-hydrogen) atoms. The summed E-state index contributed by atoms with van der Waals surface area (Å²) in [6.45, 7) is 0. The summed E-state index contributed by atoms with van der Waals surface area (Å²) in [6.07, 6.45) is 6.70. The number of allylic oxidation sites excluding steroid dienone is 4. The molecule has 2 heteroatoms. The van der Waals surface area contributed by atoms with Gasteiger partial charge in [0, 0.05) is 5.88 Å². The summed E-state index contributed by atoms with van der Waals surface area (Å²) < 4.78 is 0. The molecule has 0 aromatic rings. The molecule has 0 fully saturated rings. The fraction of sp³-hybridized carbons (Fsp3) is 0.286. The van der Waals surface area contributed by atoms with Crippen LogP contribution in [0.15, 0.2) is 23.8 Å². The third kappa shape index (κ3) is 2.04. The number of hydrogen-bond donors (Lipinski definition) is 0. The Morgan fingerprint density at radius 3 is 2.67 bits per heavy atom. The van der Waals surface area contributed by atoms with Crippen LogP contribution in [0.4, 0.5) is 0 Å². The van der Waals surface area contributed by atoms with E-state index in [1.54, 1.807) is 0 Å². The molecule has 0 atom stereocenters. The fourth-order valence-corrected chi connectivity index (χ4v) is 1.000. The first kappa shape index (κ1) is 7.17. The van der Waals surface area contributed by atoms with Crippen LogP contribution in [0.1, 0.15) is 6.42 Å². The third-order valence-electron chi connectivity index (χ3n) is 1.19. The molecule has 0 saturated carbocycles. The van der Waals surface area contributed by atoms with Gasteiger partial charge in [-0.1, -0.05) is 18.2 Å². The van der Waals surface area contributed by atoms with Crippen LogP contribution in [0.2, 0.25) is 0 Å². The molecule has 49 valence electrons. The van der Waals surface area contributed by atoms with E-state index < -0.39 is 0 Å². The van der Waals surface area contributed by atoms with Crippen molar-refractivity contribution in [2.24, 2.45) is 0 Å². The summed E-state index contributed by atoms with van der Waals surface area (Å²) in [5.74, 6) is 0.584. The molecular weight excluding hydrogens is 155 g/mol. The lowest BCUT2D eigenvalue weighted by atomic mass is 10.1. The van der Waals surface area contributed by atoms with Gasteiger partial charge in [0.15, 0.2) is 0 Å². The SMILES string of the molecule is ClCC1=CC[C](Cl)C=C1. The van der Waals surface area contributed by atoms with Crippen LogP contribution in [0, 0.1) is 5.38 Å². The van der Waals surface area contributed by atoms with Gasteiger partial charge >= 0.3 is 0 Å². The number of rotatable bonds is 1.